The smallest absolute Gasteiger partial charge is 0.333 e. The first kappa shape index (κ1) is 26.0. The van der Waals surface area contributed by atoms with Crippen molar-refractivity contribution < 1.29 is 27.9 Å². The van der Waals surface area contributed by atoms with Gasteiger partial charge in [-0.1, -0.05) is 44.2 Å². The van der Waals surface area contributed by atoms with E-state index in [0.717, 1.165) is 12.1 Å². The van der Waals surface area contributed by atoms with Crippen molar-refractivity contribution >= 4 is 17.8 Å². The zero-order valence-electron chi connectivity index (χ0n) is 19.4. The van der Waals surface area contributed by atoms with Gasteiger partial charge in [-0.25, -0.2) is 13.6 Å². The first-order valence-electron chi connectivity index (χ1n) is 10.7. The van der Waals surface area contributed by atoms with Crippen LogP contribution in [-0.2, 0) is 25.5 Å². The average molecular weight is 461 g/mol. The molecule has 2 aromatic carbocycles. The number of carbonyl (C=O) groups is 3. The van der Waals surface area contributed by atoms with Gasteiger partial charge in [-0.2, -0.15) is 0 Å². The molecule has 8 heteroatoms. The van der Waals surface area contributed by atoms with Crippen LogP contribution in [-0.4, -0.2) is 29.4 Å². The van der Waals surface area contributed by atoms with Gasteiger partial charge in [0.05, 0.1) is 6.42 Å². The van der Waals surface area contributed by atoms with Gasteiger partial charge < -0.3 is 15.4 Å². The van der Waals surface area contributed by atoms with Crippen molar-refractivity contribution in [1.29, 1.82) is 0 Å². The molecule has 0 bridgehead atoms. The van der Waals surface area contributed by atoms with E-state index in [1.54, 1.807) is 65.0 Å². The number of benzene rings is 2. The lowest BCUT2D eigenvalue weighted by Gasteiger charge is -2.27. The second kappa shape index (κ2) is 11.0. The molecule has 178 valence electrons. The fourth-order valence-electron chi connectivity index (χ4n) is 3.17. The molecule has 0 radical (unpaired) electrons. The number of ether oxygens (including phenoxy) is 1. The van der Waals surface area contributed by atoms with E-state index in [4.69, 9.17) is 4.74 Å². The molecule has 2 aromatic rings. The minimum absolute atomic E-state index is 0.142. The topological polar surface area (TPSA) is 84.5 Å². The number of hydrogen-bond donors (Lipinski definition) is 2. The number of nitrogens with one attached hydrogen (secondary N) is 2. The third-order valence-electron chi connectivity index (χ3n) is 4.61. The number of rotatable bonds is 8. The maximum atomic E-state index is 13.4. The van der Waals surface area contributed by atoms with Gasteiger partial charge in [0.2, 0.25) is 11.8 Å². The quantitative estimate of drug-likeness (QED) is 0.586. The Morgan fingerprint density at radius 2 is 1.52 bits per heavy atom. The molecule has 0 saturated heterocycles. The summed E-state index contributed by atoms with van der Waals surface area (Å²) >= 11 is 0. The Bertz CT molecular complexity index is 967. The zero-order chi connectivity index (χ0) is 24.8. The second-order valence-electron chi connectivity index (χ2n) is 9.13. The van der Waals surface area contributed by atoms with Crippen molar-refractivity contribution in [3.63, 3.8) is 0 Å². The lowest BCUT2D eigenvalue weighted by Crippen LogP contribution is -2.52. The monoisotopic (exact) mass is 460 g/mol. The summed E-state index contributed by atoms with van der Waals surface area (Å²) in [4.78, 5) is 38.4. The molecule has 0 heterocycles. The number of halogens is 2. The van der Waals surface area contributed by atoms with Crippen molar-refractivity contribution in [3.05, 3.63) is 71.3 Å². The summed E-state index contributed by atoms with van der Waals surface area (Å²) in [5.74, 6) is -3.71. The van der Waals surface area contributed by atoms with Gasteiger partial charge in [0, 0.05) is 6.07 Å². The molecule has 0 aliphatic heterocycles. The number of hydrogen-bond acceptors (Lipinski definition) is 4. The van der Waals surface area contributed by atoms with Crippen LogP contribution in [0.3, 0.4) is 0 Å². The zero-order valence-corrected chi connectivity index (χ0v) is 19.4. The third kappa shape index (κ3) is 8.29. The maximum Gasteiger partial charge on any atom is 0.333 e. The van der Waals surface area contributed by atoms with E-state index in [1.807, 2.05) is 0 Å². The van der Waals surface area contributed by atoms with E-state index in [-0.39, 0.29) is 17.9 Å². The molecule has 0 aromatic heterocycles. The summed E-state index contributed by atoms with van der Waals surface area (Å²) in [7, 11) is 0. The van der Waals surface area contributed by atoms with Crippen LogP contribution in [0.2, 0.25) is 0 Å². The number of amides is 2. The first-order valence-corrected chi connectivity index (χ1v) is 10.7. The highest BCUT2D eigenvalue weighted by Crippen LogP contribution is 2.19. The van der Waals surface area contributed by atoms with Crippen LogP contribution in [0.5, 0.6) is 0 Å². The Balaban J connectivity index is 2.18. The van der Waals surface area contributed by atoms with Crippen molar-refractivity contribution in [1.82, 2.24) is 10.6 Å². The van der Waals surface area contributed by atoms with E-state index in [2.05, 4.69) is 10.6 Å². The molecular formula is C25H30F2N2O4. The van der Waals surface area contributed by atoms with Crippen LogP contribution >= 0.6 is 0 Å². The number of esters is 1. The predicted octanol–water partition coefficient (Wildman–Crippen LogP) is 3.85. The normalized spacial score (nSPS) is 13.2. The molecule has 0 aliphatic rings. The van der Waals surface area contributed by atoms with E-state index in [9.17, 15) is 23.2 Å². The van der Waals surface area contributed by atoms with Gasteiger partial charge in [-0.15, -0.1) is 0 Å². The highest BCUT2D eigenvalue weighted by Gasteiger charge is 2.32. The van der Waals surface area contributed by atoms with Crippen molar-refractivity contribution in [3.8, 4) is 0 Å². The van der Waals surface area contributed by atoms with Gasteiger partial charge in [0.1, 0.15) is 23.3 Å². The molecule has 0 fully saturated rings. The van der Waals surface area contributed by atoms with Gasteiger partial charge in [0.15, 0.2) is 6.04 Å². The maximum absolute atomic E-state index is 13.4. The molecule has 0 unspecified atom stereocenters. The summed E-state index contributed by atoms with van der Waals surface area (Å²) in [5, 5.41) is 5.28. The molecule has 2 amide bonds. The summed E-state index contributed by atoms with van der Waals surface area (Å²) in [6.07, 6.45) is -0.306. The predicted molar refractivity (Wildman–Crippen MR) is 120 cm³/mol. The fourth-order valence-corrected chi connectivity index (χ4v) is 3.17. The molecule has 0 saturated carbocycles. The van der Waals surface area contributed by atoms with Crippen LogP contribution in [0.1, 0.15) is 51.8 Å². The SMILES string of the molecule is CC(C)[C@H](NC(=O)Cc1cc(F)cc(F)c1)C(=O)N[C@H](C(=O)OC(C)(C)C)c1ccccc1. The van der Waals surface area contributed by atoms with Crippen LogP contribution in [0.15, 0.2) is 48.5 Å². The minimum atomic E-state index is -1.08. The lowest BCUT2D eigenvalue weighted by molar-refractivity contribution is -0.159. The molecule has 0 aliphatic carbocycles. The van der Waals surface area contributed by atoms with Crippen LogP contribution in [0, 0.1) is 17.6 Å². The van der Waals surface area contributed by atoms with E-state index < -0.39 is 47.1 Å². The molecular weight excluding hydrogens is 430 g/mol. The van der Waals surface area contributed by atoms with Crippen molar-refractivity contribution in [2.45, 2.75) is 58.7 Å². The Morgan fingerprint density at radius 3 is 2.03 bits per heavy atom. The fraction of sp³-hybridized carbons (Fsp3) is 0.400. The summed E-state index contributed by atoms with van der Waals surface area (Å²) in [5.41, 5.74) is -0.0891. The second-order valence-corrected chi connectivity index (χ2v) is 9.13. The molecule has 2 N–H and O–H groups in total. The lowest BCUT2D eigenvalue weighted by atomic mass is 10.0. The highest BCUT2D eigenvalue weighted by molar-refractivity contribution is 5.91. The van der Waals surface area contributed by atoms with E-state index in [0.29, 0.717) is 11.6 Å². The van der Waals surface area contributed by atoms with E-state index >= 15 is 0 Å². The summed E-state index contributed by atoms with van der Waals surface area (Å²) < 4.78 is 32.3. The van der Waals surface area contributed by atoms with Gasteiger partial charge in [-0.05, 0) is 49.9 Å². The Morgan fingerprint density at radius 1 is 0.939 bits per heavy atom. The van der Waals surface area contributed by atoms with Crippen molar-refractivity contribution in [2.24, 2.45) is 5.92 Å². The molecule has 6 nitrogen and oxygen atoms in total. The average Bonchev–Trinajstić information content (AvgIpc) is 2.68. The van der Waals surface area contributed by atoms with Crippen LogP contribution in [0.4, 0.5) is 8.78 Å². The summed E-state index contributed by atoms with van der Waals surface area (Å²) in [6.45, 7) is 8.64. The van der Waals surface area contributed by atoms with Gasteiger partial charge in [0.25, 0.3) is 0 Å². The van der Waals surface area contributed by atoms with E-state index in [1.165, 1.54) is 0 Å². The first-order chi connectivity index (χ1) is 15.4. The minimum Gasteiger partial charge on any atom is -0.458 e. The Kier molecular flexibility index (Phi) is 8.68. The molecule has 33 heavy (non-hydrogen) atoms. The molecule has 2 atom stereocenters. The standard InChI is InChI=1S/C25H30F2N2O4/c1-15(2)21(28-20(30)13-16-11-18(26)14-19(27)12-16)23(31)29-22(17-9-7-6-8-10-17)24(32)33-25(3,4)5/h6-12,14-15,21-22H,13H2,1-5H3,(H,28,30)(H,29,31)/t21-,22-/m0/s1. The largest absolute Gasteiger partial charge is 0.458 e. The van der Waals surface area contributed by atoms with Crippen molar-refractivity contribution in [2.75, 3.05) is 0 Å². The highest BCUT2D eigenvalue weighted by atomic mass is 19.1. The van der Waals surface area contributed by atoms with Crippen LogP contribution in [0.25, 0.3) is 0 Å². The molecule has 0 spiro atoms. The van der Waals surface area contributed by atoms with Gasteiger partial charge in [-0.3, -0.25) is 9.59 Å². The molecule has 2 rings (SSSR count). The van der Waals surface area contributed by atoms with Crippen LogP contribution < -0.4 is 10.6 Å². The number of carbonyl (C=O) groups excluding carboxylic acids is 3. The Labute approximate surface area is 192 Å². The third-order valence-corrected chi connectivity index (χ3v) is 4.61. The summed E-state index contributed by atoms with van der Waals surface area (Å²) in [6, 6.07) is 9.40. The van der Waals surface area contributed by atoms with Gasteiger partial charge >= 0.3 is 5.97 Å². The Hall–Kier alpha value is -3.29.